The first-order valence-electron chi connectivity index (χ1n) is 5.59. The number of nitrogens with zero attached hydrogens (tertiary/aromatic N) is 3. The molecule has 0 saturated carbocycles. The number of rotatable bonds is 3. The topological polar surface area (TPSA) is 115 Å². The molecule has 1 aromatic heterocycles. The summed E-state index contributed by atoms with van der Waals surface area (Å²) in [6.07, 6.45) is 1.11. The number of nitro groups is 1. The van der Waals surface area contributed by atoms with Crippen molar-refractivity contribution in [1.82, 2.24) is 9.78 Å². The Labute approximate surface area is 116 Å². The number of nitro benzene ring substituents is 1. The molecule has 2 aromatic rings. The summed E-state index contributed by atoms with van der Waals surface area (Å²) < 4.78 is 14.1. The van der Waals surface area contributed by atoms with Crippen molar-refractivity contribution in [2.45, 2.75) is 6.92 Å². The summed E-state index contributed by atoms with van der Waals surface area (Å²) in [7, 11) is 0. The van der Waals surface area contributed by atoms with E-state index >= 15 is 0 Å². The maximum absolute atomic E-state index is 13.3. The maximum Gasteiger partial charge on any atom is 0.360 e. The van der Waals surface area contributed by atoms with E-state index in [2.05, 4.69) is 5.10 Å². The van der Waals surface area contributed by atoms with Crippen LogP contribution in [0.15, 0.2) is 29.2 Å². The third-order valence-corrected chi connectivity index (χ3v) is 2.68. The van der Waals surface area contributed by atoms with E-state index in [9.17, 15) is 24.1 Å². The second kappa shape index (κ2) is 5.12. The Kier molecular flexibility index (Phi) is 3.49. The summed E-state index contributed by atoms with van der Waals surface area (Å²) in [5, 5.41) is 23.4. The van der Waals surface area contributed by atoms with E-state index < -0.39 is 33.5 Å². The Hall–Kier alpha value is -3.10. The van der Waals surface area contributed by atoms with Gasteiger partial charge in [0.25, 0.3) is 5.69 Å². The fourth-order valence-electron chi connectivity index (χ4n) is 1.71. The van der Waals surface area contributed by atoms with E-state index in [1.165, 1.54) is 6.92 Å². The lowest BCUT2D eigenvalue weighted by Gasteiger charge is -2.08. The van der Waals surface area contributed by atoms with Crippen LogP contribution in [-0.2, 0) is 0 Å². The molecule has 108 valence electrons. The minimum absolute atomic E-state index is 0.0148. The molecule has 0 radical (unpaired) electrons. The molecule has 0 amide bonds. The number of aryl methyl sites for hydroxylation is 1. The molecule has 21 heavy (non-hydrogen) atoms. The van der Waals surface area contributed by atoms with Crippen LogP contribution in [0, 0.1) is 22.9 Å². The molecule has 0 aliphatic carbocycles. The van der Waals surface area contributed by atoms with E-state index in [-0.39, 0.29) is 11.3 Å². The van der Waals surface area contributed by atoms with Gasteiger partial charge in [-0.1, -0.05) is 0 Å². The van der Waals surface area contributed by atoms with Gasteiger partial charge in [-0.25, -0.2) is 13.9 Å². The number of benzene rings is 1. The number of carboxylic acid groups (broad SMARTS) is 1. The van der Waals surface area contributed by atoms with Gasteiger partial charge in [0.15, 0.2) is 0 Å². The molecule has 1 heterocycles. The highest BCUT2D eigenvalue weighted by Gasteiger charge is 2.20. The maximum atomic E-state index is 13.3. The first-order chi connectivity index (χ1) is 9.81. The molecule has 0 atom stereocenters. The van der Waals surface area contributed by atoms with Gasteiger partial charge < -0.3 is 5.11 Å². The number of carbonyl (C=O) groups is 1. The molecule has 0 fully saturated rings. The standard InChI is InChI=1S/C12H8FN3O5/c1-6-5-15(14-10(11(6)17)12(18)19)9-4-7(13)2-3-8(9)16(20)21/h2-5H,1H3,(H,18,19). The van der Waals surface area contributed by atoms with Crippen molar-refractivity contribution in [3.8, 4) is 5.69 Å². The zero-order chi connectivity index (χ0) is 15.7. The van der Waals surface area contributed by atoms with Gasteiger partial charge in [-0.15, -0.1) is 0 Å². The minimum atomic E-state index is -1.57. The largest absolute Gasteiger partial charge is 0.476 e. The summed E-state index contributed by atoms with van der Waals surface area (Å²) in [6, 6.07) is 2.66. The van der Waals surface area contributed by atoms with Crippen molar-refractivity contribution in [1.29, 1.82) is 0 Å². The Balaban J connectivity index is 2.79. The molecule has 0 bridgehead atoms. The Morgan fingerprint density at radius 2 is 2.14 bits per heavy atom. The van der Waals surface area contributed by atoms with Crippen molar-refractivity contribution in [2.24, 2.45) is 0 Å². The summed E-state index contributed by atoms with van der Waals surface area (Å²) in [4.78, 5) is 32.8. The molecule has 0 saturated heterocycles. The zero-order valence-corrected chi connectivity index (χ0v) is 10.6. The van der Waals surface area contributed by atoms with Crippen LogP contribution in [0.4, 0.5) is 10.1 Å². The molecule has 0 spiro atoms. The highest BCUT2D eigenvalue weighted by molar-refractivity contribution is 5.85. The van der Waals surface area contributed by atoms with Crippen LogP contribution in [0.2, 0.25) is 0 Å². The smallest absolute Gasteiger partial charge is 0.360 e. The fraction of sp³-hybridized carbons (Fsp3) is 0.0833. The van der Waals surface area contributed by atoms with E-state index in [1.807, 2.05) is 0 Å². The van der Waals surface area contributed by atoms with Gasteiger partial charge in [0.05, 0.1) is 4.92 Å². The lowest BCUT2D eigenvalue weighted by atomic mass is 10.2. The van der Waals surface area contributed by atoms with Gasteiger partial charge in [-0.2, -0.15) is 5.10 Å². The highest BCUT2D eigenvalue weighted by atomic mass is 19.1. The molecular formula is C12H8FN3O5. The van der Waals surface area contributed by atoms with E-state index in [0.717, 1.165) is 29.1 Å². The third kappa shape index (κ3) is 2.61. The second-order valence-corrected chi connectivity index (χ2v) is 4.13. The summed E-state index contributed by atoms with van der Waals surface area (Å²) in [5.41, 5.74) is -2.33. The fourth-order valence-corrected chi connectivity index (χ4v) is 1.71. The molecule has 2 rings (SSSR count). The van der Waals surface area contributed by atoms with E-state index in [0.29, 0.717) is 0 Å². The van der Waals surface area contributed by atoms with Crippen LogP contribution in [0.1, 0.15) is 16.1 Å². The van der Waals surface area contributed by atoms with Crippen molar-refractivity contribution >= 4 is 11.7 Å². The van der Waals surface area contributed by atoms with Crippen LogP contribution in [0.3, 0.4) is 0 Å². The molecule has 0 aliphatic heterocycles. The summed E-state index contributed by atoms with van der Waals surface area (Å²) in [5.74, 6) is -2.33. The van der Waals surface area contributed by atoms with Crippen LogP contribution < -0.4 is 5.43 Å². The van der Waals surface area contributed by atoms with Gasteiger partial charge >= 0.3 is 5.97 Å². The van der Waals surface area contributed by atoms with Gasteiger partial charge in [-0.05, 0) is 13.0 Å². The molecule has 0 unspecified atom stereocenters. The van der Waals surface area contributed by atoms with Gasteiger partial charge in [-0.3, -0.25) is 14.9 Å². The lowest BCUT2D eigenvalue weighted by Crippen LogP contribution is -2.23. The molecular weight excluding hydrogens is 285 g/mol. The van der Waals surface area contributed by atoms with Crippen LogP contribution in [-0.4, -0.2) is 25.8 Å². The molecule has 1 aromatic carbocycles. The lowest BCUT2D eigenvalue weighted by molar-refractivity contribution is -0.384. The first-order valence-corrected chi connectivity index (χ1v) is 5.59. The molecule has 8 nitrogen and oxygen atoms in total. The van der Waals surface area contributed by atoms with Crippen LogP contribution in [0.25, 0.3) is 5.69 Å². The zero-order valence-electron chi connectivity index (χ0n) is 10.6. The normalized spacial score (nSPS) is 10.4. The summed E-state index contributed by atoms with van der Waals surface area (Å²) >= 11 is 0. The van der Waals surface area contributed by atoms with Crippen molar-refractivity contribution in [3.05, 3.63) is 61.8 Å². The average molecular weight is 293 g/mol. The molecule has 0 aliphatic rings. The van der Waals surface area contributed by atoms with E-state index in [4.69, 9.17) is 5.11 Å². The third-order valence-electron chi connectivity index (χ3n) is 2.68. The predicted octanol–water partition coefficient (Wildman–Crippen LogP) is 1.29. The SMILES string of the molecule is Cc1cn(-c2cc(F)ccc2[N+](=O)[O-])nc(C(=O)O)c1=O. The van der Waals surface area contributed by atoms with Gasteiger partial charge in [0, 0.05) is 23.9 Å². The van der Waals surface area contributed by atoms with Crippen molar-refractivity contribution in [2.75, 3.05) is 0 Å². The Bertz CT molecular complexity index is 815. The van der Waals surface area contributed by atoms with Crippen molar-refractivity contribution in [3.63, 3.8) is 0 Å². The highest BCUT2D eigenvalue weighted by Crippen LogP contribution is 2.22. The Morgan fingerprint density at radius 1 is 1.48 bits per heavy atom. The molecule has 1 N–H and O–H groups in total. The molecule has 9 heteroatoms. The van der Waals surface area contributed by atoms with E-state index in [1.54, 1.807) is 0 Å². The van der Waals surface area contributed by atoms with Crippen molar-refractivity contribution < 1.29 is 19.2 Å². The Morgan fingerprint density at radius 3 is 2.71 bits per heavy atom. The monoisotopic (exact) mass is 293 g/mol. The number of hydrogen-bond acceptors (Lipinski definition) is 5. The number of hydrogen-bond donors (Lipinski definition) is 1. The van der Waals surface area contributed by atoms with Gasteiger partial charge in [0.2, 0.25) is 11.1 Å². The quantitative estimate of drug-likeness (QED) is 0.673. The van der Waals surface area contributed by atoms with Crippen LogP contribution >= 0.6 is 0 Å². The van der Waals surface area contributed by atoms with Gasteiger partial charge in [0.1, 0.15) is 11.5 Å². The second-order valence-electron chi connectivity index (χ2n) is 4.13. The number of carboxylic acids is 1. The van der Waals surface area contributed by atoms with Crippen LogP contribution in [0.5, 0.6) is 0 Å². The minimum Gasteiger partial charge on any atom is -0.476 e. The number of aromatic nitrogens is 2. The number of aromatic carboxylic acids is 1. The average Bonchev–Trinajstić information content (AvgIpc) is 2.40. The predicted molar refractivity (Wildman–Crippen MR) is 68.1 cm³/mol. The first kappa shape index (κ1) is 14.3. The number of halogens is 1. The summed E-state index contributed by atoms with van der Waals surface area (Å²) in [6.45, 7) is 1.33.